The second-order valence-electron chi connectivity index (χ2n) is 2.51. The number of halogens is 1. The Hall–Kier alpha value is -0.0900. The quantitative estimate of drug-likeness (QED) is 0.498. The van der Waals surface area contributed by atoms with Crippen LogP contribution in [0.1, 0.15) is 19.8 Å². The highest BCUT2D eigenvalue weighted by Crippen LogP contribution is 2.21. The van der Waals surface area contributed by atoms with Gasteiger partial charge >= 0.3 is 5.97 Å². The summed E-state index contributed by atoms with van der Waals surface area (Å²) < 4.78 is 10.1. The number of alkyl halides is 1. The summed E-state index contributed by atoms with van der Waals surface area (Å²) in [6, 6.07) is 0. The summed E-state index contributed by atoms with van der Waals surface area (Å²) in [5, 5.41) is 0. The van der Waals surface area contributed by atoms with Crippen LogP contribution in [0.15, 0.2) is 0 Å². The second-order valence-corrected chi connectivity index (χ2v) is 3.68. The average Bonchev–Trinajstić information content (AvgIpc) is 1.93. The minimum atomic E-state index is -0.388. The molecule has 1 rings (SSSR count). The van der Waals surface area contributed by atoms with Crippen molar-refractivity contribution in [2.24, 2.45) is 0 Å². The molecular weight excluding hydrogens is 212 g/mol. The highest BCUT2D eigenvalue weighted by atomic mass is 79.9. The molecule has 0 bridgehead atoms. The minimum Gasteiger partial charge on any atom is -0.435 e. The lowest BCUT2D eigenvalue weighted by Gasteiger charge is -2.26. The molecule has 1 heterocycles. The van der Waals surface area contributed by atoms with Gasteiger partial charge < -0.3 is 9.47 Å². The molecule has 0 radical (unpaired) electrons. The maximum Gasteiger partial charge on any atom is 0.304 e. The lowest BCUT2D eigenvalue weighted by molar-refractivity contribution is -0.181. The molecule has 2 atom stereocenters. The van der Waals surface area contributed by atoms with Crippen LogP contribution in [0.4, 0.5) is 0 Å². The van der Waals surface area contributed by atoms with Crippen molar-refractivity contribution in [2.75, 3.05) is 6.61 Å². The largest absolute Gasteiger partial charge is 0.435 e. The van der Waals surface area contributed by atoms with E-state index >= 15 is 0 Å². The molecule has 0 spiro atoms. The Morgan fingerprint density at radius 1 is 1.73 bits per heavy atom. The van der Waals surface area contributed by atoms with E-state index in [1.165, 1.54) is 6.92 Å². The zero-order valence-electron chi connectivity index (χ0n) is 6.38. The summed E-state index contributed by atoms with van der Waals surface area (Å²) in [6.07, 6.45) is 1.63. The topological polar surface area (TPSA) is 35.5 Å². The van der Waals surface area contributed by atoms with Gasteiger partial charge in [0.05, 0.1) is 11.4 Å². The fraction of sp³-hybridized carbons (Fsp3) is 0.857. The third-order valence-corrected chi connectivity index (χ3v) is 2.37. The minimum absolute atomic E-state index is 0.153. The molecule has 0 amide bonds. The summed E-state index contributed by atoms with van der Waals surface area (Å²) in [5.74, 6) is -0.290. The number of ether oxygens (including phenoxy) is 2. The second kappa shape index (κ2) is 4.07. The molecule has 1 fully saturated rings. The van der Waals surface area contributed by atoms with E-state index in [1.807, 2.05) is 0 Å². The van der Waals surface area contributed by atoms with Gasteiger partial charge in [-0.15, -0.1) is 0 Å². The molecule has 0 aromatic heterocycles. The van der Waals surface area contributed by atoms with Gasteiger partial charge in [0, 0.05) is 6.92 Å². The van der Waals surface area contributed by atoms with E-state index in [4.69, 9.17) is 9.47 Å². The Morgan fingerprint density at radius 3 is 3.00 bits per heavy atom. The van der Waals surface area contributed by atoms with Crippen molar-refractivity contribution in [1.29, 1.82) is 0 Å². The molecule has 11 heavy (non-hydrogen) atoms. The first kappa shape index (κ1) is 9.00. The smallest absolute Gasteiger partial charge is 0.304 e. The van der Waals surface area contributed by atoms with Gasteiger partial charge in [-0.25, -0.2) is 0 Å². The van der Waals surface area contributed by atoms with Gasteiger partial charge in [-0.3, -0.25) is 4.79 Å². The molecule has 0 aliphatic carbocycles. The van der Waals surface area contributed by atoms with Crippen LogP contribution in [0, 0.1) is 0 Å². The molecule has 0 aromatic rings. The lowest BCUT2D eigenvalue weighted by atomic mass is 10.2. The summed E-state index contributed by atoms with van der Waals surface area (Å²) in [7, 11) is 0. The molecule has 1 aliphatic heterocycles. The number of carbonyl (C=O) groups is 1. The Kier molecular flexibility index (Phi) is 3.33. The van der Waals surface area contributed by atoms with Crippen molar-refractivity contribution in [1.82, 2.24) is 0 Å². The number of rotatable bonds is 1. The van der Waals surface area contributed by atoms with E-state index in [9.17, 15) is 4.79 Å². The zero-order valence-corrected chi connectivity index (χ0v) is 7.96. The number of carbonyl (C=O) groups excluding carboxylic acids is 1. The van der Waals surface area contributed by atoms with Crippen molar-refractivity contribution in [3.63, 3.8) is 0 Å². The molecule has 64 valence electrons. The van der Waals surface area contributed by atoms with Gasteiger partial charge in [0.25, 0.3) is 0 Å². The first-order valence-corrected chi connectivity index (χ1v) is 4.54. The van der Waals surface area contributed by atoms with Gasteiger partial charge in [-0.2, -0.15) is 0 Å². The monoisotopic (exact) mass is 222 g/mol. The van der Waals surface area contributed by atoms with E-state index in [0.29, 0.717) is 6.61 Å². The zero-order chi connectivity index (χ0) is 8.27. The highest BCUT2D eigenvalue weighted by Gasteiger charge is 2.25. The average molecular weight is 223 g/mol. The van der Waals surface area contributed by atoms with Gasteiger partial charge in [0.2, 0.25) is 6.29 Å². The molecule has 0 unspecified atom stereocenters. The summed E-state index contributed by atoms with van der Waals surface area (Å²) >= 11 is 3.38. The molecule has 0 N–H and O–H groups in total. The maximum atomic E-state index is 10.5. The maximum absolute atomic E-state index is 10.5. The summed E-state index contributed by atoms with van der Waals surface area (Å²) in [4.78, 5) is 10.7. The normalized spacial score (nSPS) is 31.5. The van der Waals surface area contributed by atoms with Crippen molar-refractivity contribution in [2.45, 2.75) is 30.9 Å². The van der Waals surface area contributed by atoms with Crippen molar-refractivity contribution >= 4 is 21.9 Å². The van der Waals surface area contributed by atoms with Gasteiger partial charge in [0.15, 0.2) is 0 Å². The van der Waals surface area contributed by atoms with E-state index < -0.39 is 0 Å². The standard InChI is InChI=1S/C7H11BrO3/c1-5(9)11-7-6(8)3-2-4-10-7/h6-7H,2-4H2,1H3/t6-,7-/m1/s1. The van der Waals surface area contributed by atoms with Crippen molar-refractivity contribution in [3.8, 4) is 0 Å². The molecular formula is C7H11BrO3. The third-order valence-electron chi connectivity index (χ3n) is 1.48. The van der Waals surface area contributed by atoms with E-state index in [2.05, 4.69) is 15.9 Å². The summed E-state index contributed by atoms with van der Waals surface area (Å²) in [5.41, 5.74) is 0. The molecule has 1 saturated heterocycles. The number of hydrogen-bond donors (Lipinski definition) is 0. The Balaban J connectivity index is 2.35. The number of esters is 1. The predicted octanol–water partition coefficient (Wildman–Crippen LogP) is 1.45. The highest BCUT2D eigenvalue weighted by molar-refractivity contribution is 9.09. The van der Waals surface area contributed by atoms with E-state index in [-0.39, 0.29) is 17.1 Å². The van der Waals surface area contributed by atoms with Crippen LogP contribution in [0.25, 0.3) is 0 Å². The van der Waals surface area contributed by atoms with E-state index in [0.717, 1.165) is 12.8 Å². The van der Waals surface area contributed by atoms with Crippen LogP contribution in [-0.4, -0.2) is 23.7 Å². The SMILES string of the molecule is CC(=O)O[C@H]1OCCC[C@H]1Br. The summed E-state index contributed by atoms with van der Waals surface area (Å²) in [6.45, 7) is 2.07. The molecule has 4 heteroatoms. The van der Waals surface area contributed by atoms with Crippen LogP contribution in [0.2, 0.25) is 0 Å². The fourth-order valence-electron chi connectivity index (χ4n) is 0.990. The van der Waals surface area contributed by atoms with Gasteiger partial charge in [-0.1, -0.05) is 15.9 Å². The van der Waals surface area contributed by atoms with Gasteiger partial charge in [0.1, 0.15) is 0 Å². The predicted molar refractivity (Wildman–Crippen MR) is 43.5 cm³/mol. The first-order chi connectivity index (χ1) is 5.20. The Bertz CT molecular complexity index is 149. The van der Waals surface area contributed by atoms with Crippen LogP contribution in [0.5, 0.6) is 0 Å². The first-order valence-electron chi connectivity index (χ1n) is 3.63. The van der Waals surface area contributed by atoms with Crippen LogP contribution in [-0.2, 0) is 14.3 Å². The molecule has 0 saturated carbocycles. The van der Waals surface area contributed by atoms with Crippen LogP contribution < -0.4 is 0 Å². The molecule has 0 aromatic carbocycles. The molecule has 1 aliphatic rings. The van der Waals surface area contributed by atoms with Gasteiger partial charge in [-0.05, 0) is 12.8 Å². The van der Waals surface area contributed by atoms with Crippen LogP contribution in [0.3, 0.4) is 0 Å². The van der Waals surface area contributed by atoms with Crippen molar-refractivity contribution in [3.05, 3.63) is 0 Å². The third kappa shape index (κ3) is 2.79. The lowest BCUT2D eigenvalue weighted by Crippen LogP contribution is -2.33. The number of hydrogen-bond acceptors (Lipinski definition) is 3. The molecule has 3 nitrogen and oxygen atoms in total. The Morgan fingerprint density at radius 2 is 2.45 bits per heavy atom. The van der Waals surface area contributed by atoms with Crippen molar-refractivity contribution < 1.29 is 14.3 Å². The Labute approximate surface area is 74.2 Å². The van der Waals surface area contributed by atoms with Crippen LogP contribution >= 0.6 is 15.9 Å². The fourth-order valence-corrected chi connectivity index (χ4v) is 1.57. The van der Waals surface area contributed by atoms with E-state index in [1.54, 1.807) is 0 Å².